The zero-order valence-electron chi connectivity index (χ0n) is 14.9. The summed E-state index contributed by atoms with van der Waals surface area (Å²) in [5.74, 6) is 0.0118. The molecule has 0 radical (unpaired) electrons. The molecule has 0 heterocycles. The lowest BCUT2D eigenvalue weighted by atomic mass is 10.0. The minimum atomic E-state index is -0.102. The molecule has 3 N–H and O–H groups in total. The van der Waals surface area contributed by atoms with E-state index in [1.165, 1.54) is 6.92 Å². The maximum absolute atomic E-state index is 12.1. The van der Waals surface area contributed by atoms with Crippen LogP contribution in [-0.4, -0.2) is 11.8 Å². The number of hydrogen-bond donors (Lipinski definition) is 3. The Morgan fingerprint density at radius 2 is 1.44 bits per heavy atom. The molecule has 2 aromatic rings. The topological polar surface area (TPSA) is 70.2 Å². The fraction of sp³-hybridized carbons (Fsp3) is 0.300. The van der Waals surface area contributed by atoms with Crippen molar-refractivity contribution in [2.45, 2.75) is 33.6 Å². The van der Waals surface area contributed by atoms with E-state index in [1.807, 2.05) is 62.4 Å². The molecule has 5 nitrogen and oxygen atoms in total. The molecule has 2 rings (SSSR count). The zero-order chi connectivity index (χ0) is 18.2. The molecule has 0 atom stereocenters. The molecule has 0 aromatic heterocycles. The Bertz CT molecular complexity index is 722. The number of benzene rings is 2. The second-order valence-electron chi connectivity index (χ2n) is 5.97. The molecule has 0 spiro atoms. The molecule has 5 heteroatoms. The third kappa shape index (κ3) is 5.64. The van der Waals surface area contributed by atoms with Gasteiger partial charge in [-0.3, -0.25) is 9.59 Å². The second-order valence-corrected chi connectivity index (χ2v) is 5.97. The average Bonchev–Trinajstić information content (AvgIpc) is 2.57. The summed E-state index contributed by atoms with van der Waals surface area (Å²) in [5, 5.41) is 8.99. The summed E-state index contributed by atoms with van der Waals surface area (Å²) < 4.78 is 0. The van der Waals surface area contributed by atoms with E-state index in [2.05, 4.69) is 16.0 Å². The third-order valence-corrected chi connectivity index (χ3v) is 3.98. The van der Waals surface area contributed by atoms with Crippen molar-refractivity contribution < 1.29 is 9.59 Å². The lowest BCUT2D eigenvalue weighted by Gasteiger charge is -2.13. The van der Waals surface area contributed by atoms with Gasteiger partial charge in [-0.25, -0.2) is 0 Å². The van der Waals surface area contributed by atoms with Gasteiger partial charge < -0.3 is 16.0 Å². The van der Waals surface area contributed by atoms with Crippen LogP contribution in [0.15, 0.2) is 48.5 Å². The van der Waals surface area contributed by atoms with E-state index in [0.717, 1.165) is 35.6 Å². The highest BCUT2D eigenvalue weighted by molar-refractivity contribution is 5.92. The predicted octanol–water partition coefficient (Wildman–Crippen LogP) is 4.76. The summed E-state index contributed by atoms with van der Waals surface area (Å²) in [6, 6.07) is 15.1. The number of carbonyl (C=O) groups is 2. The van der Waals surface area contributed by atoms with Crippen LogP contribution < -0.4 is 16.0 Å². The van der Waals surface area contributed by atoms with Crippen LogP contribution in [0, 0.1) is 5.92 Å². The smallest absolute Gasteiger partial charge is 0.227 e. The van der Waals surface area contributed by atoms with Crippen LogP contribution in [0.3, 0.4) is 0 Å². The molecule has 0 aliphatic carbocycles. The standard InChI is InChI=1S/C20H25N3O2/c1-4-15(5-2)20(25)23-17-11-9-16(10-12-17)22-19-8-6-7-18(13-19)21-14(3)24/h6-13,15,22H,4-5H2,1-3H3,(H,21,24)(H,23,25). The summed E-state index contributed by atoms with van der Waals surface area (Å²) in [5.41, 5.74) is 3.31. The highest BCUT2D eigenvalue weighted by atomic mass is 16.2. The normalized spacial score (nSPS) is 10.4. The minimum Gasteiger partial charge on any atom is -0.355 e. The van der Waals surface area contributed by atoms with E-state index in [4.69, 9.17) is 0 Å². The van der Waals surface area contributed by atoms with E-state index in [1.54, 1.807) is 0 Å². The van der Waals surface area contributed by atoms with Crippen LogP contribution in [0.5, 0.6) is 0 Å². The predicted molar refractivity (Wildman–Crippen MR) is 103 cm³/mol. The van der Waals surface area contributed by atoms with E-state index >= 15 is 0 Å². The molecule has 0 saturated heterocycles. The second kappa shape index (κ2) is 8.87. The van der Waals surface area contributed by atoms with Gasteiger partial charge in [0.2, 0.25) is 11.8 Å². The minimum absolute atomic E-state index is 0.0503. The van der Waals surface area contributed by atoms with Crippen LogP contribution in [0.2, 0.25) is 0 Å². The molecule has 0 unspecified atom stereocenters. The van der Waals surface area contributed by atoms with Crippen LogP contribution in [0.25, 0.3) is 0 Å². The molecular formula is C20H25N3O2. The SMILES string of the molecule is CCC(CC)C(=O)Nc1ccc(Nc2cccc(NC(C)=O)c2)cc1. The summed E-state index contributed by atoms with van der Waals surface area (Å²) >= 11 is 0. The lowest BCUT2D eigenvalue weighted by molar-refractivity contribution is -0.120. The molecule has 25 heavy (non-hydrogen) atoms. The Morgan fingerprint density at radius 1 is 0.840 bits per heavy atom. The third-order valence-electron chi connectivity index (χ3n) is 3.98. The van der Waals surface area contributed by atoms with Gasteiger partial charge in [-0.15, -0.1) is 0 Å². The Kier molecular flexibility index (Phi) is 6.57. The number of nitrogens with one attached hydrogen (secondary N) is 3. The fourth-order valence-electron chi connectivity index (χ4n) is 2.59. The van der Waals surface area contributed by atoms with Crippen LogP contribution >= 0.6 is 0 Å². The van der Waals surface area contributed by atoms with Gasteiger partial charge in [0.25, 0.3) is 0 Å². The molecule has 0 saturated carbocycles. The molecule has 0 fully saturated rings. The van der Waals surface area contributed by atoms with Crippen LogP contribution in [0.1, 0.15) is 33.6 Å². The van der Waals surface area contributed by atoms with E-state index in [9.17, 15) is 9.59 Å². The van der Waals surface area contributed by atoms with Crippen LogP contribution in [-0.2, 0) is 9.59 Å². The van der Waals surface area contributed by atoms with Gasteiger partial charge >= 0.3 is 0 Å². The van der Waals surface area contributed by atoms with E-state index < -0.39 is 0 Å². The molecule has 0 bridgehead atoms. The Labute approximate surface area is 148 Å². The first-order valence-electron chi connectivity index (χ1n) is 8.57. The van der Waals surface area contributed by atoms with Gasteiger partial charge in [0.1, 0.15) is 0 Å². The molecule has 0 aliphatic heterocycles. The molecule has 2 amide bonds. The first-order chi connectivity index (χ1) is 12.0. The maximum atomic E-state index is 12.1. The van der Waals surface area contributed by atoms with Crippen molar-refractivity contribution in [3.8, 4) is 0 Å². The number of anilines is 4. The summed E-state index contributed by atoms with van der Waals surface area (Å²) in [6.07, 6.45) is 1.68. The van der Waals surface area contributed by atoms with E-state index in [0.29, 0.717) is 0 Å². The number of hydrogen-bond acceptors (Lipinski definition) is 3. The Morgan fingerprint density at radius 3 is 2.04 bits per heavy atom. The van der Waals surface area contributed by atoms with Crippen molar-refractivity contribution in [2.75, 3.05) is 16.0 Å². The molecule has 132 valence electrons. The van der Waals surface area contributed by atoms with Crippen molar-refractivity contribution >= 4 is 34.6 Å². The van der Waals surface area contributed by atoms with Crippen molar-refractivity contribution in [3.63, 3.8) is 0 Å². The van der Waals surface area contributed by atoms with Gasteiger partial charge in [-0.05, 0) is 55.3 Å². The van der Waals surface area contributed by atoms with Crippen LogP contribution in [0.4, 0.5) is 22.7 Å². The molecule has 0 aliphatic rings. The Hall–Kier alpha value is -2.82. The monoisotopic (exact) mass is 339 g/mol. The maximum Gasteiger partial charge on any atom is 0.227 e. The summed E-state index contributed by atoms with van der Waals surface area (Å²) in [4.78, 5) is 23.2. The van der Waals surface area contributed by atoms with Crippen molar-refractivity contribution in [3.05, 3.63) is 48.5 Å². The first-order valence-corrected chi connectivity index (χ1v) is 8.57. The number of rotatable bonds is 7. The van der Waals surface area contributed by atoms with Crippen molar-refractivity contribution in [1.29, 1.82) is 0 Å². The average molecular weight is 339 g/mol. The zero-order valence-corrected chi connectivity index (χ0v) is 14.9. The van der Waals surface area contributed by atoms with Gasteiger partial charge in [-0.2, -0.15) is 0 Å². The highest BCUT2D eigenvalue weighted by Gasteiger charge is 2.13. The lowest BCUT2D eigenvalue weighted by Crippen LogP contribution is -2.21. The summed E-state index contributed by atoms with van der Waals surface area (Å²) in [7, 11) is 0. The largest absolute Gasteiger partial charge is 0.355 e. The number of amides is 2. The Balaban J connectivity index is 2.01. The van der Waals surface area contributed by atoms with Gasteiger partial charge in [0, 0.05) is 35.6 Å². The van der Waals surface area contributed by atoms with Gasteiger partial charge in [0.15, 0.2) is 0 Å². The fourth-order valence-corrected chi connectivity index (χ4v) is 2.59. The van der Waals surface area contributed by atoms with Crippen molar-refractivity contribution in [2.24, 2.45) is 5.92 Å². The number of carbonyl (C=O) groups excluding carboxylic acids is 2. The van der Waals surface area contributed by atoms with Gasteiger partial charge in [-0.1, -0.05) is 19.9 Å². The van der Waals surface area contributed by atoms with Gasteiger partial charge in [0.05, 0.1) is 0 Å². The molecule has 2 aromatic carbocycles. The van der Waals surface area contributed by atoms with E-state index in [-0.39, 0.29) is 17.7 Å². The first kappa shape index (κ1) is 18.5. The highest BCUT2D eigenvalue weighted by Crippen LogP contribution is 2.22. The quantitative estimate of drug-likeness (QED) is 0.681. The molecular weight excluding hydrogens is 314 g/mol. The summed E-state index contributed by atoms with van der Waals surface area (Å²) in [6.45, 7) is 5.53. The van der Waals surface area contributed by atoms with Crippen molar-refractivity contribution in [1.82, 2.24) is 0 Å².